The third-order valence-corrected chi connectivity index (χ3v) is 8.73. The fourth-order valence-electron chi connectivity index (χ4n) is 5.25. The van der Waals surface area contributed by atoms with Gasteiger partial charge in [-0.15, -0.1) is 0 Å². The maximum atomic E-state index is 3.97. The van der Waals surface area contributed by atoms with Gasteiger partial charge in [0.15, 0.2) is 0 Å². The Morgan fingerprint density at radius 1 is 1.03 bits per heavy atom. The van der Waals surface area contributed by atoms with E-state index in [9.17, 15) is 0 Å². The van der Waals surface area contributed by atoms with Gasteiger partial charge in [-0.1, -0.05) is 39.7 Å². The van der Waals surface area contributed by atoms with E-state index in [-0.39, 0.29) is 0 Å². The highest BCUT2D eigenvalue weighted by molar-refractivity contribution is 9.10. The number of benzene rings is 2. The average Bonchev–Trinajstić information content (AvgIpc) is 3.25. The van der Waals surface area contributed by atoms with Crippen LogP contribution >= 0.6 is 31.9 Å². The highest BCUT2D eigenvalue weighted by Crippen LogP contribution is 2.44. The first-order valence-corrected chi connectivity index (χ1v) is 11.8. The summed E-state index contributed by atoms with van der Waals surface area (Å²) in [6, 6.07) is 9.48. The van der Waals surface area contributed by atoms with Crippen LogP contribution in [0.2, 0.25) is 0 Å². The zero-order valence-electron chi connectivity index (χ0n) is 17.5. The number of halogens is 2. The fourth-order valence-corrected chi connectivity index (χ4v) is 6.59. The molecule has 5 rings (SSSR count). The summed E-state index contributed by atoms with van der Waals surface area (Å²) in [6.45, 7) is 9.10. The molecule has 2 atom stereocenters. The van der Waals surface area contributed by atoms with Crippen LogP contribution in [0.5, 0.6) is 0 Å². The highest BCUT2D eigenvalue weighted by Gasteiger charge is 2.29. The Morgan fingerprint density at radius 3 is 2.55 bits per heavy atom. The van der Waals surface area contributed by atoms with Crippen LogP contribution in [0.25, 0.3) is 23.3 Å². The molecule has 0 spiro atoms. The molecule has 2 aliphatic carbocycles. The number of fused-ring (bicyclic) bond motifs is 3. The monoisotopic (exact) mass is 509 g/mol. The van der Waals surface area contributed by atoms with Gasteiger partial charge < -0.3 is 4.90 Å². The zero-order valence-corrected chi connectivity index (χ0v) is 20.7. The second-order valence-electron chi connectivity index (χ2n) is 8.71. The molecule has 1 nitrogen and oxygen atoms in total. The van der Waals surface area contributed by atoms with Crippen molar-refractivity contribution in [1.29, 1.82) is 0 Å². The predicted octanol–water partition coefficient (Wildman–Crippen LogP) is 6.38. The summed E-state index contributed by atoms with van der Waals surface area (Å²) in [5.74, 6) is 0.448. The topological polar surface area (TPSA) is 3.24 Å². The lowest BCUT2D eigenvalue weighted by molar-refractivity contribution is 0.836. The molecule has 0 amide bonds. The summed E-state index contributed by atoms with van der Waals surface area (Å²) in [4.78, 5) is 2.41. The summed E-state index contributed by atoms with van der Waals surface area (Å²) in [5, 5.41) is 2.79. The van der Waals surface area contributed by atoms with Crippen molar-refractivity contribution in [3.05, 3.63) is 71.5 Å². The van der Waals surface area contributed by atoms with Crippen molar-refractivity contribution in [3.8, 4) is 0 Å². The normalized spacial score (nSPS) is 22.0. The molecule has 148 valence electrons. The quantitative estimate of drug-likeness (QED) is 0.453. The molecule has 2 aromatic rings. The van der Waals surface area contributed by atoms with E-state index >= 15 is 0 Å². The van der Waals surface area contributed by atoms with Gasteiger partial charge in [0, 0.05) is 38.9 Å². The van der Waals surface area contributed by atoms with Crippen molar-refractivity contribution in [1.82, 2.24) is 0 Å². The molecule has 0 fully saturated rings. The van der Waals surface area contributed by atoms with E-state index in [1.807, 2.05) is 0 Å². The minimum atomic E-state index is 0.446. The van der Waals surface area contributed by atoms with E-state index in [2.05, 4.69) is 108 Å². The van der Waals surface area contributed by atoms with Crippen LogP contribution in [-0.2, 0) is 0 Å². The van der Waals surface area contributed by atoms with E-state index in [4.69, 9.17) is 0 Å². The third kappa shape index (κ3) is 2.70. The molecular formula is C26H25Br2N. The van der Waals surface area contributed by atoms with Crippen molar-refractivity contribution < 1.29 is 0 Å². The molecule has 0 saturated carbocycles. The first-order chi connectivity index (χ1) is 13.8. The Kier molecular flexibility index (Phi) is 4.49. The Labute approximate surface area is 189 Å². The van der Waals surface area contributed by atoms with Gasteiger partial charge in [-0.3, -0.25) is 0 Å². The van der Waals surface area contributed by atoms with Crippen LogP contribution < -0.4 is 15.3 Å². The van der Waals surface area contributed by atoms with Crippen LogP contribution in [-0.4, -0.2) is 13.1 Å². The van der Waals surface area contributed by atoms with Crippen molar-refractivity contribution >= 4 is 60.8 Å². The van der Waals surface area contributed by atoms with E-state index in [0.29, 0.717) is 12.0 Å². The molecule has 3 aliphatic rings. The number of rotatable bonds is 2. The molecular weight excluding hydrogens is 486 g/mol. The highest BCUT2D eigenvalue weighted by atomic mass is 79.9. The molecule has 2 unspecified atom stereocenters. The van der Waals surface area contributed by atoms with Crippen LogP contribution in [0.1, 0.15) is 56.7 Å². The van der Waals surface area contributed by atoms with Crippen LogP contribution in [0.4, 0.5) is 5.69 Å². The minimum Gasteiger partial charge on any atom is -0.368 e. The van der Waals surface area contributed by atoms with E-state index < -0.39 is 0 Å². The molecule has 0 radical (unpaired) electrons. The van der Waals surface area contributed by atoms with Gasteiger partial charge in [0.2, 0.25) is 0 Å². The molecule has 0 bridgehead atoms. The van der Waals surface area contributed by atoms with E-state index in [0.717, 1.165) is 6.42 Å². The van der Waals surface area contributed by atoms with Gasteiger partial charge in [0.05, 0.1) is 0 Å². The summed E-state index contributed by atoms with van der Waals surface area (Å²) in [7, 11) is 2.21. The molecule has 0 saturated heterocycles. The number of hydrogen-bond donors (Lipinski definition) is 0. The van der Waals surface area contributed by atoms with Gasteiger partial charge in [0.1, 0.15) is 0 Å². The Hall–Kier alpha value is -1.58. The van der Waals surface area contributed by atoms with Crippen LogP contribution in [0, 0.1) is 0 Å². The summed E-state index contributed by atoms with van der Waals surface area (Å²) < 4.78 is 2.46. The first kappa shape index (κ1) is 19.4. The van der Waals surface area contributed by atoms with E-state index in [1.165, 1.54) is 64.1 Å². The largest absolute Gasteiger partial charge is 0.368 e. The number of nitrogens with zero attached hydrogens (tertiary/aromatic N) is 1. The predicted molar refractivity (Wildman–Crippen MR) is 133 cm³/mol. The molecule has 0 aromatic heterocycles. The summed E-state index contributed by atoms with van der Waals surface area (Å²) in [6.07, 6.45) is 5.78. The van der Waals surface area contributed by atoms with Gasteiger partial charge in [0.25, 0.3) is 0 Å². The molecule has 2 aromatic carbocycles. The first-order valence-electron chi connectivity index (χ1n) is 10.2. The number of allylic oxidation sites excluding steroid dienone is 2. The molecule has 0 N–H and O–H groups in total. The van der Waals surface area contributed by atoms with E-state index in [1.54, 1.807) is 0 Å². The van der Waals surface area contributed by atoms with Crippen LogP contribution in [0.15, 0.2) is 44.4 Å². The molecule has 3 heteroatoms. The second kappa shape index (κ2) is 6.72. The maximum Gasteiger partial charge on any atom is 0.0478 e. The molecule has 1 aliphatic heterocycles. The van der Waals surface area contributed by atoms with Crippen molar-refractivity contribution in [3.63, 3.8) is 0 Å². The van der Waals surface area contributed by atoms with Gasteiger partial charge in [-0.25, -0.2) is 0 Å². The molecule has 29 heavy (non-hydrogen) atoms. The lowest BCUT2D eigenvalue weighted by Crippen LogP contribution is -2.26. The fraction of sp³-hybridized carbons (Fsp3) is 0.308. The smallest absolute Gasteiger partial charge is 0.0478 e. The lowest BCUT2D eigenvalue weighted by Gasteiger charge is -2.21. The van der Waals surface area contributed by atoms with Crippen LogP contribution in [0.3, 0.4) is 0 Å². The van der Waals surface area contributed by atoms with Crippen molar-refractivity contribution in [2.75, 3.05) is 11.9 Å². The zero-order chi connectivity index (χ0) is 20.6. The average molecular weight is 511 g/mol. The Morgan fingerprint density at radius 2 is 1.79 bits per heavy atom. The summed E-state index contributed by atoms with van der Waals surface area (Å²) in [5.41, 5.74) is 11.3. The SMILES string of the molecule is CC1=Cc2c(Br)c3c(cc2=C1CC1C(C)=Cc2c(Br)cccc21)N(C)C(C)C=3C. The van der Waals surface area contributed by atoms with Crippen molar-refractivity contribution in [2.45, 2.75) is 46.1 Å². The van der Waals surface area contributed by atoms with Gasteiger partial charge in [-0.05, 0) is 107 Å². The second-order valence-corrected chi connectivity index (χ2v) is 10.4. The summed E-state index contributed by atoms with van der Waals surface area (Å²) >= 11 is 7.71. The standard InChI is InChI=1S/C26H25Br2N/c1-13-9-21-17(7-6-8-23(21)27)18(13)11-19-14(2)10-22-20(19)12-24-25(26(22)28)15(3)16(4)29(24)5/h6-10,12,16,18H,11H2,1-5H3. The van der Waals surface area contributed by atoms with Crippen molar-refractivity contribution in [2.24, 2.45) is 0 Å². The Bertz CT molecular complexity index is 1260. The van der Waals surface area contributed by atoms with Gasteiger partial charge >= 0.3 is 0 Å². The Balaban J connectivity index is 1.69. The third-order valence-electron chi connectivity index (χ3n) is 7.22. The lowest BCUT2D eigenvalue weighted by atomic mass is 9.87. The molecule has 1 heterocycles. The number of hydrogen-bond acceptors (Lipinski definition) is 1. The van der Waals surface area contributed by atoms with Gasteiger partial charge in [-0.2, -0.15) is 0 Å². The maximum absolute atomic E-state index is 3.97. The number of anilines is 1. The minimum absolute atomic E-state index is 0.446.